The Kier molecular flexibility index (Phi) is 10.2. The summed E-state index contributed by atoms with van der Waals surface area (Å²) in [6.07, 6.45) is 6.41. The highest BCUT2D eigenvalue weighted by molar-refractivity contribution is 14.0. The smallest absolute Gasteiger partial charge is 0.188 e. The topological polar surface area (TPSA) is 53.6 Å². The van der Waals surface area contributed by atoms with E-state index in [-0.39, 0.29) is 24.0 Å². The molecule has 4 nitrogen and oxygen atoms in total. The summed E-state index contributed by atoms with van der Waals surface area (Å²) < 4.78 is 0. The fourth-order valence-corrected chi connectivity index (χ4v) is 4.09. The zero-order valence-corrected chi connectivity index (χ0v) is 19.0. The van der Waals surface area contributed by atoms with Crippen molar-refractivity contribution in [2.24, 2.45) is 10.7 Å². The second kappa shape index (κ2) is 12.4. The van der Waals surface area contributed by atoms with E-state index in [1.165, 1.54) is 54.8 Å². The average Bonchev–Trinajstić information content (AvgIpc) is 3.04. The van der Waals surface area contributed by atoms with Gasteiger partial charge in [-0.3, -0.25) is 4.90 Å². The molecule has 3 rings (SSSR count). The van der Waals surface area contributed by atoms with Crippen molar-refractivity contribution in [3.05, 3.63) is 57.8 Å². The summed E-state index contributed by atoms with van der Waals surface area (Å²) in [6, 6.07) is 13.0. The zero-order valence-electron chi connectivity index (χ0n) is 15.9. The number of nitrogens with one attached hydrogen (secondary N) is 1. The van der Waals surface area contributed by atoms with Gasteiger partial charge < -0.3 is 11.1 Å². The van der Waals surface area contributed by atoms with Crippen molar-refractivity contribution in [1.82, 2.24) is 10.2 Å². The highest BCUT2D eigenvalue weighted by atomic mass is 127. The SMILES string of the molecule is I.NC(=NCc1cccc(CN2CCCCCC2)c1)NCCc1cccs1. The Morgan fingerprint density at radius 2 is 1.85 bits per heavy atom. The van der Waals surface area contributed by atoms with E-state index in [1.54, 1.807) is 11.3 Å². The van der Waals surface area contributed by atoms with Crippen LogP contribution in [-0.2, 0) is 19.5 Å². The van der Waals surface area contributed by atoms with E-state index in [4.69, 9.17) is 5.73 Å². The number of nitrogens with two attached hydrogens (primary N) is 1. The maximum absolute atomic E-state index is 6.00. The minimum absolute atomic E-state index is 0. The van der Waals surface area contributed by atoms with Crippen LogP contribution in [0.5, 0.6) is 0 Å². The Bertz CT molecular complexity index is 679. The van der Waals surface area contributed by atoms with Crippen LogP contribution in [0.25, 0.3) is 0 Å². The fraction of sp³-hybridized carbons (Fsp3) is 0.476. The first-order valence-corrected chi connectivity index (χ1v) is 10.5. The van der Waals surface area contributed by atoms with Crippen LogP contribution in [-0.4, -0.2) is 30.5 Å². The summed E-state index contributed by atoms with van der Waals surface area (Å²) >= 11 is 1.78. The molecule has 0 radical (unpaired) electrons. The number of thiophene rings is 1. The van der Waals surface area contributed by atoms with Gasteiger partial charge in [0, 0.05) is 18.0 Å². The molecule has 0 saturated carbocycles. The van der Waals surface area contributed by atoms with Gasteiger partial charge in [0.15, 0.2) is 5.96 Å². The second-order valence-electron chi connectivity index (χ2n) is 6.97. The summed E-state index contributed by atoms with van der Waals surface area (Å²) in [6.45, 7) is 4.95. The van der Waals surface area contributed by atoms with Gasteiger partial charge in [-0.25, -0.2) is 4.99 Å². The molecule has 0 amide bonds. The number of rotatable bonds is 7. The third kappa shape index (κ3) is 8.19. The summed E-state index contributed by atoms with van der Waals surface area (Å²) in [4.78, 5) is 8.44. The van der Waals surface area contributed by atoms with Crippen molar-refractivity contribution in [3.8, 4) is 0 Å². The molecule has 0 bridgehead atoms. The van der Waals surface area contributed by atoms with E-state index in [9.17, 15) is 0 Å². The summed E-state index contributed by atoms with van der Waals surface area (Å²) in [7, 11) is 0. The van der Waals surface area contributed by atoms with Crippen LogP contribution in [0.3, 0.4) is 0 Å². The molecule has 1 fully saturated rings. The predicted molar refractivity (Wildman–Crippen MR) is 127 cm³/mol. The molecule has 0 spiro atoms. The number of nitrogens with zero attached hydrogens (tertiary/aromatic N) is 2. The molecule has 1 aromatic carbocycles. The Morgan fingerprint density at radius 1 is 1.07 bits per heavy atom. The first-order chi connectivity index (χ1) is 12.8. The Balaban J connectivity index is 0.00000261. The van der Waals surface area contributed by atoms with Crippen molar-refractivity contribution < 1.29 is 0 Å². The number of likely N-dealkylation sites (tertiary alicyclic amines) is 1. The molecule has 0 aliphatic carbocycles. The van der Waals surface area contributed by atoms with Gasteiger partial charge in [-0.2, -0.15) is 0 Å². The summed E-state index contributed by atoms with van der Waals surface area (Å²) in [5.41, 5.74) is 8.60. The van der Waals surface area contributed by atoms with E-state index >= 15 is 0 Å². The minimum Gasteiger partial charge on any atom is -0.370 e. The summed E-state index contributed by atoms with van der Waals surface area (Å²) in [5, 5.41) is 5.31. The van der Waals surface area contributed by atoms with Crippen LogP contribution in [0.15, 0.2) is 46.8 Å². The maximum atomic E-state index is 6.00. The third-order valence-corrected chi connectivity index (χ3v) is 5.72. The minimum atomic E-state index is 0. The van der Waals surface area contributed by atoms with E-state index < -0.39 is 0 Å². The van der Waals surface area contributed by atoms with E-state index in [0.717, 1.165) is 19.5 Å². The van der Waals surface area contributed by atoms with Gasteiger partial charge in [-0.15, -0.1) is 35.3 Å². The molecule has 27 heavy (non-hydrogen) atoms. The molecule has 2 aromatic rings. The van der Waals surface area contributed by atoms with Gasteiger partial charge in [-0.1, -0.05) is 43.2 Å². The van der Waals surface area contributed by atoms with E-state index in [1.807, 2.05) is 0 Å². The van der Waals surface area contributed by atoms with Gasteiger partial charge >= 0.3 is 0 Å². The molecule has 148 valence electrons. The lowest BCUT2D eigenvalue weighted by atomic mass is 10.1. The van der Waals surface area contributed by atoms with Crippen LogP contribution in [0, 0.1) is 0 Å². The molecule has 2 heterocycles. The van der Waals surface area contributed by atoms with Gasteiger partial charge in [0.05, 0.1) is 6.54 Å². The average molecular weight is 498 g/mol. The molecule has 1 aromatic heterocycles. The number of hydrogen-bond donors (Lipinski definition) is 2. The van der Waals surface area contributed by atoms with Gasteiger partial charge in [0.1, 0.15) is 0 Å². The van der Waals surface area contributed by atoms with Crippen molar-refractivity contribution in [1.29, 1.82) is 0 Å². The largest absolute Gasteiger partial charge is 0.370 e. The lowest BCUT2D eigenvalue weighted by Gasteiger charge is -2.20. The maximum Gasteiger partial charge on any atom is 0.188 e. The fourth-order valence-electron chi connectivity index (χ4n) is 3.38. The van der Waals surface area contributed by atoms with Crippen LogP contribution < -0.4 is 11.1 Å². The Labute approximate surface area is 184 Å². The lowest BCUT2D eigenvalue weighted by Crippen LogP contribution is -2.33. The molecular weight excluding hydrogens is 467 g/mol. The molecule has 1 aliphatic heterocycles. The Hall–Kier alpha value is -1.12. The van der Waals surface area contributed by atoms with Crippen molar-refractivity contribution >= 4 is 41.3 Å². The third-order valence-electron chi connectivity index (χ3n) is 4.79. The van der Waals surface area contributed by atoms with Gasteiger partial charge in [-0.05, 0) is 54.9 Å². The highest BCUT2D eigenvalue weighted by Crippen LogP contribution is 2.14. The Morgan fingerprint density at radius 3 is 2.59 bits per heavy atom. The quantitative estimate of drug-likeness (QED) is 0.338. The van der Waals surface area contributed by atoms with Crippen LogP contribution in [0.1, 0.15) is 41.7 Å². The molecule has 6 heteroatoms. The standard InChI is InChI=1S/C21H30N4S.HI/c22-21(23-11-10-20-9-6-14-26-20)24-16-18-7-5-8-19(15-18)17-25-12-3-1-2-4-13-25;/h5-9,14-15H,1-4,10-13,16-17H2,(H3,22,23,24);1H. The van der Waals surface area contributed by atoms with Crippen LogP contribution >= 0.6 is 35.3 Å². The van der Waals surface area contributed by atoms with Crippen molar-refractivity contribution in [2.45, 2.75) is 45.2 Å². The molecule has 1 saturated heterocycles. The molecule has 0 atom stereocenters. The predicted octanol–water partition coefficient (Wildman–Crippen LogP) is 4.39. The summed E-state index contributed by atoms with van der Waals surface area (Å²) in [5.74, 6) is 0.527. The van der Waals surface area contributed by atoms with Crippen LogP contribution in [0.2, 0.25) is 0 Å². The highest BCUT2D eigenvalue weighted by Gasteiger charge is 2.09. The monoisotopic (exact) mass is 498 g/mol. The number of hydrogen-bond acceptors (Lipinski definition) is 3. The molecule has 0 unspecified atom stereocenters. The molecule has 1 aliphatic rings. The van der Waals surface area contributed by atoms with E-state index in [0.29, 0.717) is 12.5 Å². The zero-order chi connectivity index (χ0) is 18.0. The molecular formula is C21H31IN4S. The molecule has 3 N–H and O–H groups in total. The second-order valence-corrected chi connectivity index (χ2v) is 8.00. The van der Waals surface area contributed by atoms with Gasteiger partial charge in [0.25, 0.3) is 0 Å². The number of aliphatic imine (C=N–C) groups is 1. The number of halogens is 1. The van der Waals surface area contributed by atoms with Crippen molar-refractivity contribution in [2.75, 3.05) is 19.6 Å². The number of benzene rings is 1. The van der Waals surface area contributed by atoms with Crippen LogP contribution in [0.4, 0.5) is 0 Å². The normalized spacial score (nSPS) is 15.8. The lowest BCUT2D eigenvalue weighted by molar-refractivity contribution is 0.277. The first-order valence-electron chi connectivity index (χ1n) is 9.66. The van der Waals surface area contributed by atoms with Gasteiger partial charge in [0.2, 0.25) is 0 Å². The first kappa shape index (κ1) is 22.2. The van der Waals surface area contributed by atoms with Crippen molar-refractivity contribution in [3.63, 3.8) is 0 Å². The van der Waals surface area contributed by atoms with E-state index in [2.05, 4.69) is 57.0 Å². The number of guanidine groups is 1.